The Balaban J connectivity index is 2.70. The lowest BCUT2D eigenvalue weighted by Gasteiger charge is -2.32. The maximum Gasteiger partial charge on any atom is 0.326 e. The van der Waals surface area contributed by atoms with Crippen molar-refractivity contribution in [1.82, 2.24) is 15.1 Å². The largest absolute Gasteiger partial charge is 0.480 e. The van der Waals surface area contributed by atoms with Gasteiger partial charge in [0.2, 0.25) is 0 Å². The van der Waals surface area contributed by atoms with Crippen LogP contribution in [-0.2, 0) is 14.4 Å². The number of aliphatic hydroxyl groups excluding tert-OH is 1. The Labute approximate surface area is 115 Å². The van der Waals surface area contributed by atoms with E-state index < -0.39 is 36.5 Å². The van der Waals surface area contributed by atoms with Gasteiger partial charge in [0.1, 0.15) is 6.04 Å². The SMILES string of the molecule is CCN1CCN(C(=O)NC(CCO)C(=O)O)C(=O)C1=O. The molecule has 4 amide bonds. The van der Waals surface area contributed by atoms with Crippen molar-refractivity contribution in [3.8, 4) is 0 Å². The molecule has 20 heavy (non-hydrogen) atoms. The Morgan fingerprint density at radius 3 is 2.45 bits per heavy atom. The van der Waals surface area contributed by atoms with E-state index in [1.807, 2.05) is 0 Å². The number of piperazine rings is 1. The number of carboxylic acid groups (broad SMARTS) is 1. The molecule has 0 saturated carbocycles. The fourth-order valence-corrected chi connectivity index (χ4v) is 1.78. The zero-order chi connectivity index (χ0) is 15.3. The average Bonchev–Trinajstić information content (AvgIpc) is 2.41. The third-order valence-electron chi connectivity index (χ3n) is 2.95. The van der Waals surface area contributed by atoms with Gasteiger partial charge in [0.15, 0.2) is 0 Å². The molecule has 9 nitrogen and oxygen atoms in total. The topological polar surface area (TPSA) is 127 Å². The third kappa shape index (κ3) is 3.44. The number of nitrogens with one attached hydrogen (secondary N) is 1. The molecule has 3 N–H and O–H groups in total. The van der Waals surface area contributed by atoms with Crippen LogP contribution in [0.3, 0.4) is 0 Å². The molecule has 0 aromatic carbocycles. The summed E-state index contributed by atoms with van der Waals surface area (Å²) in [6.07, 6.45) is -0.182. The van der Waals surface area contributed by atoms with E-state index in [2.05, 4.69) is 5.32 Å². The highest BCUT2D eigenvalue weighted by Crippen LogP contribution is 2.06. The Hall–Kier alpha value is -2.16. The molecule has 1 unspecified atom stereocenters. The van der Waals surface area contributed by atoms with E-state index in [0.29, 0.717) is 11.4 Å². The van der Waals surface area contributed by atoms with E-state index >= 15 is 0 Å². The first-order valence-electron chi connectivity index (χ1n) is 6.17. The van der Waals surface area contributed by atoms with Gasteiger partial charge in [0.05, 0.1) is 0 Å². The van der Waals surface area contributed by atoms with Crippen LogP contribution in [0.4, 0.5) is 4.79 Å². The number of imide groups is 1. The highest BCUT2D eigenvalue weighted by Gasteiger charge is 2.36. The smallest absolute Gasteiger partial charge is 0.326 e. The van der Waals surface area contributed by atoms with Crippen molar-refractivity contribution >= 4 is 23.8 Å². The van der Waals surface area contributed by atoms with Crippen LogP contribution < -0.4 is 5.32 Å². The quantitative estimate of drug-likeness (QED) is 0.513. The number of rotatable bonds is 5. The number of hydrogen-bond donors (Lipinski definition) is 3. The van der Waals surface area contributed by atoms with Gasteiger partial charge in [-0.2, -0.15) is 0 Å². The van der Waals surface area contributed by atoms with Crippen LogP contribution in [0.15, 0.2) is 0 Å². The predicted octanol–water partition coefficient (Wildman–Crippen LogP) is -1.78. The zero-order valence-corrected chi connectivity index (χ0v) is 11.0. The van der Waals surface area contributed by atoms with Crippen LogP contribution in [0.25, 0.3) is 0 Å². The summed E-state index contributed by atoms with van der Waals surface area (Å²) in [5.74, 6) is -3.09. The van der Waals surface area contributed by atoms with Crippen LogP contribution in [-0.4, -0.2) is 76.1 Å². The molecule has 1 atom stereocenters. The summed E-state index contributed by atoms with van der Waals surface area (Å²) in [4.78, 5) is 48.0. The summed E-state index contributed by atoms with van der Waals surface area (Å²) in [5, 5.41) is 19.7. The number of aliphatic carboxylic acids is 1. The van der Waals surface area contributed by atoms with Gasteiger partial charge in [-0.25, -0.2) is 9.59 Å². The number of carbonyl (C=O) groups excluding carboxylic acids is 3. The molecule has 0 spiro atoms. The Kier molecular flexibility index (Phi) is 5.44. The van der Waals surface area contributed by atoms with Gasteiger partial charge in [-0.1, -0.05) is 0 Å². The van der Waals surface area contributed by atoms with Crippen molar-refractivity contribution in [2.45, 2.75) is 19.4 Å². The molecule has 1 rings (SSSR count). The van der Waals surface area contributed by atoms with Crippen molar-refractivity contribution in [1.29, 1.82) is 0 Å². The lowest BCUT2D eigenvalue weighted by Crippen LogP contribution is -2.59. The molecule has 9 heteroatoms. The van der Waals surface area contributed by atoms with Crippen LogP contribution in [0.5, 0.6) is 0 Å². The molecule has 0 bridgehead atoms. The van der Waals surface area contributed by atoms with Gasteiger partial charge in [0, 0.05) is 32.7 Å². The molecule has 0 radical (unpaired) electrons. The van der Waals surface area contributed by atoms with E-state index in [1.165, 1.54) is 4.90 Å². The molecule has 1 aliphatic rings. The Morgan fingerprint density at radius 1 is 1.30 bits per heavy atom. The number of urea groups is 1. The van der Waals surface area contributed by atoms with Gasteiger partial charge in [-0.15, -0.1) is 0 Å². The number of nitrogens with zero attached hydrogens (tertiary/aromatic N) is 2. The van der Waals surface area contributed by atoms with E-state index in [-0.39, 0.29) is 19.5 Å². The second-order valence-corrected chi connectivity index (χ2v) is 4.19. The zero-order valence-electron chi connectivity index (χ0n) is 11.0. The highest BCUT2D eigenvalue weighted by atomic mass is 16.4. The van der Waals surface area contributed by atoms with Crippen LogP contribution in [0.2, 0.25) is 0 Å². The van der Waals surface area contributed by atoms with Crippen LogP contribution in [0.1, 0.15) is 13.3 Å². The van der Waals surface area contributed by atoms with Crippen molar-refractivity contribution < 1.29 is 29.4 Å². The number of carboxylic acids is 1. The maximum atomic E-state index is 11.8. The Morgan fingerprint density at radius 2 is 1.95 bits per heavy atom. The Bertz CT molecular complexity index is 424. The van der Waals surface area contributed by atoms with Gasteiger partial charge in [-0.05, 0) is 6.92 Å². The summed E-state index contributed by atoms with van der Waals surface area (Å²) >= 11 is 0. The molecule has 1 heterocycles. The number of aliphatic hydroxyl groups is 1. The molecular weight excluding hydrogens is 270 g/mol. The second kappa shape index (κ2) is 6.85. The van der Waals surface area contributed by atoms with Gasteiger partial charge >= 0.3 is 23.8 Å². The summed E-state index contributed by atoms with van der Waals surface area (Å²) in [7, 11) is 0. The molecule has 0 aromatic rings. The normalized spacial score (nSPS) is 17.1. The summed E-state index contributed by atoms with van der Waals surface area (Å²) < 4.78 is 0. The first kappa shape index (κ1) is 15.9. The lowest BCUT2D eigenvalue weighted by atomic mass is 10.2. The molecule has 1 fully saturated rings. The highest BCUT2D eigenvalue weighted by molar-refractivity contribution is 6.38. The minimum Gasteiger partial charge on any atom is -0.480 e. The average molecular weight is 287 g/mol. The fraction of sp³-hybridized carbons (Fsp3) is 0.636. The van der Waals surface area contributed by atoms with Gasteiger partial charge < -0.3 is 20.4 Å². The monoisotopic (exact) mass is 287 g/mol. The first-order chi connectivity index (χ1) is 9.42. The molecule has 1 saturated heterocycles. The minimum absolute atomic E-state index is 0.00963. The summed E-state index contributed by atoms with van der Waals surface area (Å²) in [6, 6.07) is -2.25. The summed E-state index contributed by atoms with van der Waals surface area (Å²) in [6.45, 7) is 1.88. The molecule has 0 aromatic heterocycles. The number of carbonyl (C=O) groups is 4. The van der Waals surface area contributed by atoms with E-state index in [0.717, 1.165) is 0 Å². The van der Waals surface area contributed by atoms with E-state index in [4.69, 9.17) is 10.2 Å². The molecule has 1 aliphatic heterocycles. The summed E-state index contributed by atoms with van der Waals surface area (Å²) in [5.41, 5.74) is 0. The lowest BCUT2D eigenvalue weighted by molar-refractivity contribution is -0.153. The number of hydrogen-bond acceptors (Lipinski definition) is 5. The van der Waals surface area contributed by atoms with Gasteiger partial charge in [0.25, 0.3) is 0 Å². The standard InChI is InChI=1S/C11H17N3O6/c1-2-13-4-5-14(9(17)8(13)16)11(20)12-7(3-6-15)10(18)19/h7,15H,2-6H2,1H3,(H,12,20)(H,18,19). The first-order valence-corrected chi connectivity index (χ1v) is 6.17. The second-order valence-electron chi connectivity index (χ2n) is 4.19. The molecule has 112 valence electrons. The number of amides is 4. The van der Waals surface area contributed by atoms with Crippen molar-refractivity contribution in [3.05, 3.63) is 0 Å². The van der Waals surface area contributed by atoms with Crippen LogP contribution >= 0.6 is 0 Å². The van der Waals surface area contributed by atoms with Crippen molar-refractivity contribution in [2.75, 3.05) is 26.2 Å². The van der Waals surface area contributed by atoms with Crippen molar-refractivity contribution in [3.63, 3.8) is 0 Å². The predicted molar refractivity (Wildman–Crippen MR) is 65.6 cm³/mol. The minimum atomic E-state index is -1.32. The maximum absolute atomic E-state index is 11.8. The van der Waals surface area contributed by atoms with E-state index in [1.54, 1.807) is 6.92 Å². The third-order valence-corrected chi connectivity index (χ3v) is 2.95. The van der Waals surface area contributed by atoms with E-state index in [9.17, 15) is 19.2 Å². The van der Waals surface area contributed by atoms with Crippen molar-refractivity contribution in [2.24, 2.45) is 0 Å². The van der Waals surface area contributed by atoms with Gasteiger partial charge in [-0.3, -0.25) is 14.5 Å². The molecular formula is C11H17N3O6. The molecule has 0 aliphatic carbocycles. The fourth-order valence-electron chi connectivity index (χ4n) is 1.78. The van der Waals surface area contributed by atoms with Crippen LogP contribution in [0, 0.1) is 0 Å². The number of likely N-dealkylation sites (N-methyl/N-ethyl adjacent to an activating group) is 1.